The van der Waals surface area contributed by atoms with Crippen LogP contribution in [0, 0.1) is 0 Å². The number of halogens is 3. The number of thiazole rings is 1. The van der Waals surface area contributed by atoms with Gasteiger partial charge >= 0.3 is 12.1 Å². The fraction of sp³-hybridized carbons (Fsp3) is 0.556. The number of rotatable bonds is 6. The molecule has 0 aliphatic carbocycles. The van der Waals surface area contributed by atoms with Crippen molar-refractivity contribution in [1.29, 1.82) is 0 Å². The summed E-state index contributed by atoms with van der Waals surface area (Å²) in [6.07, 6.45) is -4.41. The summed E-state index contributed by atoms with van der Waals surface area (Å²) in [5.41, 5.74) is 0.181. The van der Waals surface area contributed by atoms with Gasteiger partial charge in [0.25, 0.3) is 0 Å². The van der Waals surface area contributed by atoms with E-state index < -0.39 is 18.8 Å². The smallest absolute Gasteiger partial charge is 0.411 e. The van der Waals surface area contributed by atoms with Crippen molar-refractivity contribution in [2.24, 2.45) is 0 Å². The van der Waals surface area contributed by atoms with Crippen molar-refractivity contribution < 1.29 is 32.5 Å². The van der Waals surface area contributed by atoms with E-state index in [0.717, 1.165) is 11.3 Å². The zero-order valence-electron chi connectivity index (χ0n) is 9.28. The van der Waals surface area contributed by atoms with Gasteiger partial charge in [-0.25, -0.2) is 9.78 Å². The fourth-order valence-corrected chi connectivity index (χ4v) is 1.96. The second kappa shape index (κ2) is 6.12. The first kappa shape index (κ1) is 14.9. The lowest BCUT2D eigenvalue weighted by Crippen LogP contribution is -2.16. The van der Waals surface area contributed by atoms with Crippen molar-refractivity contribution in [2.75, 3.05) is 13.7 Å². The zero-order valence-corrected chi connectivity index (χ0v) is 10.1. The number of carboxylic acids is 1. The van der Waals surface area contributed by atoms with Gasteiger partial charge in [0.1, 0.15) is 16.5 Å². The molecule has 0 aromatic carbocycles. The Morgan fingerprint density at radius 3 is 2.61 bits per heavy atom. The van der Waals surface area contributed by atoms with Crippen LogP contribution in [0.5, 0.6) is 0 Å². The zero-order chi connectivity index (χ0) is 13.8. The lowest BCUT2D eigenvalue weighted by atomic mass is 10.4. The van der Waals surface area contributed by atoms with Crippen LogP contribution in [-0.4, -0.2) is 36.0 Å². The van der Waals surface area contributed by atoms with Crippen LogP contribution in [0.2, 0.25) is 0 Å². The van der Waals surface area contributed by atoms with E-state index in [2.05, 4.69) is 9.72 Å². The Morgan fingerprint density at radius 2 is 2.11 bits per heavy atom. The molecule has 9 heteroatoms. The quantitative estimate of drug-likeness (QED) is 0.866. The van der Waals surface area contributed by atoms with E-state index in [0.29, 0.717) is 0 Å². The number of carboxylic acid groups (broad SMARTS) is 1. The molecule has 0 unspecified atom stereocenters. The summed E-state index contributed by atoms with van der Waals surface area (Å²) in [4.78, 5) is 14.6. The molecular weight excluding hydrogens is 275 g/mol. The number of alkyl halides is 3. The van der Waals surface area contributed by atoms with Crippen LogP contribution >= 0.6 is 11.3 Å². The molecule has 0 aliphatic heterocycles. The highest BCUT2D eigenvalue weighted by Crippen LogP contribution is 2.21. The third-order valence-corrected chi connectivity index (χ3v) is 2.77. The predicted octanol–water partition coefficient (Wildman–Crippen LogP) is 2.07. The molecule has 5 nitrogen and oxygen atoms in total. The topological polar surface area (TPSA) is 68.7 Å². The third kappa shape index (κ3) is 4.59. The maximum absolute atomic E-state index is 11.8. The van der Waals surface area contributed by atoms with Crippen LogP contribution in [0.3, 0.4) is 0 Å². The molecule has 0 spiro atoms. The molecule has 1 heterocycles. The van der Waals surface area contributed by atoms with Crippen LogP contribution in [0.15, 0.2) is 0 Å². The summed E-state index contributed by atoms with van der Waals surface area (Å²) < 4.78 is 44.7. The van der Waals surface area contributed by atoms with Gasteiger partial charge in [-0.05, 0) is 0 Å². The van der Waals surface area contributed by atoms with Crippen LogP contribution in [0.1, 0.15) is 20.4 Å². The Labute approximate surface area is 104 Å². The maximum Gasteiger partial charge on any atom is 0.411 e. The van der Waals surface area contributed by atoms with Crippen molar-refractivity contribution in [1.82, 2.24) is 4.98 Å². The van der Waals surface area contributed by atoms with Gasteiger partial charge in [-0.2, -0.15) is 13.2 Å². The van der Waals surface area contributed by atoms with Crippen LogP contribution < -0.4 is 0 Å². The molecule has 0 atom stereocenters. The number of ether oxygens (including phenoxy) is 2. The number of methoxy groups -OCH3 is 1. The van der Waals surface area contributed by atoms with E-state index in [1.54, 1.807) is 0 Å². The minimum Gasteiger partial charge on any atom is -0.477 e. The predicted molar refractivity (Wildman–Crippen MR) is 55.5 cm³/mol. The largest absolute Gasteiger partial charge is 0.477 e. The van der Waals surface area contributed by atoms with Crippen molar-refractivity contribution in [3.63, 3.8) is 0 Å². The van der Waals surface area contributed by atoms with E-state index in [4.69, 9.17) is 9.84 Å². The van der Waals surface area contributed by atoms with Crippen molar-refractivity contribution in [3.8, 4) is 0 Å². The molecule has 1 aromatic heterocycles. The SMILES string of the molecule is COCc1nc(COCC(F)(F)F)sc1C(=O)O. The molecule has 102 valence electrons. The van der Waals surface area contributed by atoms with Gasteiger partial charge in [0, 0.05) is 7.11 Å². The van der Waals surface area contributed by atoms with Gasteiger partial charge in [-0.15, -0.1) is 11.3 Å². The highest BCUT2D eigenvalue weighted by Gasteiger charge is 2.27. The number of hydrogen-bond donors (Lipinski definition) is 1. The highest BCUT2D eigenvalue weighted by atomic mass is 32.1. The average molecular weight is 285 g/mol. The highest BCUT2D eigenvalue weighted by molar-refractivity contribution is 7.13. The first-order chi connectivity index (χ1) is 8.33. The van der Waals surface area contributed by atoms with Gasteiger partial charge < -0.3 is 14.6 Å². The summed E-state index contributed by atoms with van der Waals surface area (Å²) in [5.74, 6) is -1.19. The number of hydrogen-bond acceptors (Lipinski definition) is 5. The third-order valence-electron chi connectivity index (χ3n) is 1.71. The van der Waals surface area contributed by atoms with Gasteiger partial charge in [0.15, 0.2) is 0 Å². The lowest BCUT2D eigenvalue weighted by Gasteiger charge is -2.05. The Morgan fingerprint density at radius 1 is 1.44 bits per heavy atom. The van der Waals surface area contributed by atoms with Crippen LogP contribution in [-0.2, 0) is 22.7 Å². The Balaban J connectivity index is 2.67. The first-order valence-corrected chi connectivity index (χ1v) is 5.50. The summed E-state index contributed by atoms with van der Waals surface area (Å²) in [6.45, 7) is -1.79. The summed E-state index contributed by atoms with van der Waals surface area (Å²) in [7, 11) is 1.37. The van der Waals surface area contributed by atoms with E-state index in [1.165, 1.54) is 7.11 Å². The molecule has 0 saturated heterocycles. The Hall–Kier alpha value is -1.19. The van der Waals surface area contributed by atoms with Gasteiger partial charge in [-0.1, -0.05) is 0 Å². The molecule has 0 bridgehead atoms. The van der Waals surface area contributed by atoms with Crippen molar-refractivity contribution in [3.05, 3.63) is 15.6 Å². The number of aromatic nitrogens is 1. The first-order valence-electron chi connectivity index (χ1n) is 4.69. The number of aromatic carboxylic acids is 1. The lowest BCUT2D eigenvalue weighted by molar-refractivity contribution is -0.176. The minimum atomic E-state index is -4.41. The van der Waals surface area contributed by atoms with Gasteiger partial charge in [0.05, 0.1) is 18.9 Å². The molecular formula is C9H10F3NO4S. The molecule has 1 N–H and O–H groups in total. The summed E-state index contributed by atoms with van der Waals surface area (Å²) in [5, 5.41) is 9.02. The fourth-order valence-electron chi connectivity index (χ4n) is 1.12. The number of nitrogens with zero attached hydrogens (tertiary/aromatic N) is 1. The van der Waals surface area contributed by atoms with E-state index in [-0.39, 0.29) is 28.8 Å². The monoisotopic (exact) mass is 285 g/mol. The standard InChI is InChI=1S/C9H10F3NO4S/c1-16-2-5-7(8(14)15)18-6(13-5)3-17-4-9(10,11)12/h2-4H2,1H3,(H,14,15). The van der Waals surface area contributed by atoms with Gasteiger partial charge in [-0.3, -0.25) is 0 Å². The molecule has 0 saturated carbocycles. The Bertz CT molecular complexity index is 418. The van der Waals surface area contributed by atoms with Gasteiger partial charge in [0.2, 0.25) is 0 Å². The maximum atomic E-state index is 11.8. The normalized spacial score (nSPS) is 11.8. The molecule has 0 aliphatic rings. The average Bonchev–Trinajstić information content (AvgIpc) is 2.60. The van der Waals surface area contributed by atoms with Crippen molar-refractivity contribution in [2.45, 2.75) is 19.4 Å². The molecule has 18 heavy (non-hydrogen) atoms. The Kier molecular flexibility index (Phi) is 5.05. The minimum absolute atomic E-state index is 0.0165. The van der Waals surface area contributed by atoms with E-state index in [1.807, 2.05) is 0 Å². The molecule has 0 fully saturated rings. The van der Waals surface area contributed by atoms with E-state index >= 15 is 0 Å². The summed E-state index contributed by atoms with van der Waals surface area (Å²) in [6, 6.07) is 0. The molecule has 1 rings (SSSR count). The van der Waals surface area contributed by atoms with Crippen molar-refractivity contribution >= 4 is 17.3 Å². The summed E-state index contributed by atoms with van der Waals surface area (Å²) >= 11 is 0.775. The second-order valence-electron chi connectivity index (χ2n) is 3.23. The molecule has 1 aromatic rings. The molecule has 0 radical (unpaired) electrons. The van der Waals surface area contributed by atoms with Crippen LogP contribution in [0.4, 0.5) is 13.2 Å². The van der Waals surface area contributed by atoms with Crippen LogP contribution in [0.25, 0.3) is 0 Å². The molecule has 0 amide bonds. The van der Waals surface area contributed by atoms with E-state index in [9.17, 15) is 18.0 Å². The number of carbonyl (C=O) groups is 1. The second-order valence-corrected chi connectivity index (χ2v) is 4.31.